The van der Waals surface area contributed by atoms with Gasteiger partial charge in [0.1, 0.15) is 5.69 Å². The van der Waals surface area contributed by atoms with Gasteiger partial charge in [0.05, 0.1) is 27.2 Å². The topological polar surface area (TPSA) is 108 Å². The fraction of sp³-hybridized carbons (Fsp3) is 0.0909. The number of benzene rings is 2. The summed E-state index contributed by atoms with van der Waals surface area (Å²) in [6, 6.07) is 15.9. The molecule has 8 nitrogen and oxygen atoms in total. The third kappa shape index (κ3) is 4.13. The van der Waals surface area contributed by atoms with Crippen molar-refractivity contribution < 1.29 is 9.59 Å². The number of nitrogens with two attached hydrogens (primary N) is 1. The molecule has 0 atom stereocenters. The number of primary amides is 1. The van der Waals surface area contributed by atoms with Crippen molar-refractivity contribution in [2.75, 3.05) is 5.32 Å². The summed E-state index contributed by atoms with van der Waals surface area (Å²) >= 11 is 3.53. The third-order valence-corrected chi connectivity index (χ3v) is 5.96. The van der Waals surface area contributed by atoms with Crippen LogP contribution in [0, 0.1) is 13.8 Å². The second-order valence-corrected chi connectivity index (χ2v) is 7.75. The van der Waals surface area contributed by atoms with Crippen LogP contribution in [0.15, 0.2) is 65.3 Å². The summed E-state index contributed by atoms with van der Waals surface area (Å²) in [7, 11) is 0. The molecule has 2 aromatic carbocycles. The van der Waals surface area contributed by atoms with Crippen molar-refractivity contribution in [2.24, 2.45) is 5.73 Å². The molecule has 2 amide bonds. The van der Waals surface area contributed by atoms with Gasteiger partial charge in [-0.2, -0.15) is 10.2 Å². The predicted molar refractivity (Wildman–Crippen MR) is 121 cm³/mol. The lowest BCUT2D eigenvalue weighted by Crippen LogP contribution is -2.13. The van der Waals surface area contributed by atoms with E-state index in [1.54, 1.807) is 53.3 Å². The van der Waals surface area contributed by atoms with Crippen LogP contribution >= 0.6 is 15.9 Å². The lowest BCUT2D eigenvalue weighted by Gasteiger charge is -2.08. The van der Waals surface area contributed by atoms with Crippen molar-refractivity contribution in [1.82, 2.24) is 19.6 Å². The first kappa shape index (κ1) is 20.5. The van der Waals surface area contributed by atoms with Crippen LogP contribution in [0.5, 0.6) is 0 Å². The van der Waals surface area contributed by atoms with E-state index in [0.29, 0.717) is 11.3 Å². The molecule has 0 fully saturated rings. The molecule has 4 aromatic rings. The van der Waals surface area contributed by atoms with Gasteiger partial charge in [-0.25, -0.2) is 9.36 Å². The molecule has 0 bridgehead atoms. The van der Waals surface area contributed by atoms with E-state index < -0.39 is 5.91 Å². The Hall–Kier alpha value is -3.72. The van der Waals surface area contributed by atoms with Gasteiger partial charge in [-0.3, -0.25) is 9.59 Å². The Labute approximate surface area is 186 Å². The molecular weight excluding hydrogens is 460 g/mol. The highest BCUT2D eigenvalue weighted by Gasteiger charge is 2.12. The third-order valence-electron chi connectivity index (χ3n) is 4.81. The number of rotatable bonds is 5. The van der Waals surface area contributed by atoms with Gasteiger partial charge in [0.2, 0.25) is 0 Å². The van der Waals surface area contributed by atoms with Gasteiger partial charge in [0.15, 0.2) is 0 Å². The maximum atomic E-state index is 12.6. The van der Waals surface area contributed by atoms with E-state index in [1.807, 2.05) is 30.7 Å². The highest BCUT2D eigenvalue weighted by atomic mass is 79.9. The maximum Gasteiger partial charge on any atom is 0.269 e. The van der Waals surface area contributed by atoms with E-state index in [4.69, 9.17) is 5.73 Å². The van der Waals surface area contributed by atoms with Crippen LogP contribution in [0.25, 0.3) is 11.4 Å². The average molecular weight is 479 g/mol. The zero-order valence-corrected chi connectivity index (χ0v) is 18.4. The summed E-state index contributed by atoms with van der Waals surface area (Å²) in [6.45, 7) is 3.91. The van der Waals surface area contributed by atoms with Gasteiger partial charge in [-0.1, -0.05) is 0 Å². The number of anilines is 1. The molecule has 2 heterocycles. The van der Waals surface area contributed by atoms with Gasteiger partial charge < -0.3 is 11.1 Å². The van der Waals surface area contributed by atoms with Crippen molar-refractivity contribution in [3.05, 3.63) is 87.9 Å². The number of hydrogen-bond donors (Lipinski definition) is 2. The fourth-order valence-corrected chi connectivity index (χ4v) is 3.38. The molecule has 0 aliphatic rings. The van der Waals surface area contributed by atoms with Crippen LogP contribution in [0.1, 0.15) is 32.2 Å². The highest BCUT2D eigenvalue weighted by molar-refractivity contribution is 9.10. The first-order chi connectivity index (χ1) is 14.8. The zero-order chi connectivity index (χ0) is 22.1. The Bertz CT molecular complexity index is 1270. The Morgan fingerprint density at radius 1 is 0.935 bits per heavy atom. The summed E-state index contributed by atoms with van der Waals surface area (Å²) < 4.78 is 4.35. The SMILES string of the molecule is Cc1nn(-c2ccc(C(=O)Nc3ccc(-n4ccc(C(N)=O)n4)cc3)cc2)c(C)c1Br. The molecule has 156 valence electrons. The fourth-order valence-electron chi connectivity index (χ4n) is 3.13. The normalized spacial score (nSPS) is 10.8. The molecule has 4 rings (SSSR count). The summed E-state index contributed by atoms with van der Waals surface area (Å²) in [5.41, 5.74) is 10.1. The van der Waals surface area contributed by atoms with Gasteiger partial charge >= 0.3 is 0 Å². The molecule has 0 aliphatic carbocycles. The van der Waals surface area contributed by atoms with E-state index in [9.17, 15) is 9.59 Å². The first-order valence-corrected chi connectivity index (χ1v) is 10.2. The van der Waals surface area contributed by atoms with E-state index in [0.717, 1.165) is 27.2 Å². The lowest BCUT2D eigenvalue weighted by molar-refractivity contribution is 0.0993. The number of carbonyl (C=O) groups is 2. The van der Waals surface area contributed by atoms with Crippen LogP contribution in [-0.4, -0.2) is 31.4 Å². The molecular formula is C22H19BrN6O2. The van der Waals surface area contributed by atoms with Gasteiger partial charge in [-0.05, 0) is 84.4 Å². The number of aryl methyl sites for hydroxylation is 1. The minimum Gasteiger partial charge on any atom is -0.364 e. The van der Waals surface area contributed by atoms with Crippen LogP contribution in [0.3, 0.4) is 0 Å². The minimum atomic E-state index is -0.584. The van der Waals surface area contributed by atoms with Gasteiger partial charge in [0, 0.05) is 17.4 Å². The van der Waals surface area contributed by atoms with Crippen molar-refractivity contribution in [1.29, 1.82) is 0 Å². The van der Waals surface area contributed by atoms with E-state index in [-0.39, 0.29) is 11.6 Å². The number of hydrogen-bond acceptors (Lipinski definition) is 4. The molecule has 0 spiro atoms. The largest absolute Gasteiger partial charge is 0.364 e. The molecule has 3 N–H and O–H groups in total. The summed E-state index contributed by atoms with van der Waals surface area (Å²) in [6.07, 6.45) is 1.65. The van der Waals surface area contributed by atoms with E-state index in [1.165, 1.54) is 0 Å². The summed E-state index contributed by atoms with van der Waals surface area (Å²) in [5, 5.41) is 11.5. The second-order valence-electron chi connectivity index (χ2n) is 6.95. The van der Waals surface area contributed by atoms with Crippen LogP contribution < -0.4 is 11.1 Å². The number of nitrogens with zero attached hydrogens (tertiary/aromatic N) is 4. The molecule has 9 heteroatoms. The number of nitrogens with one attached hydrogen (secondary N) is 1. The Morgan fingerprint density at radius 3 is 2.13 bits per heavy atom. The molecule has 0 saturated heterocycles. The first-order valence-electron chi connectivity index (χ1n) is 9.43. The maximum absolute atomic E-state index is 12.6. The molecule has 0 saturated carbocycles. The van der Waals surface area contributed by atoms with Crippen LogP contribution in [0.4, 0.5) is 5.69 Å². The standard InChI is InChI=1S/C22H19BrN6O2/c1-13-20(23)14(2)29(26-13)18-7-3-15(4-8-18)22(31)25-16-5-9-17(10-6-16)28-12-11-19(27-28)21(24)30/h3-12H,1-2H3,(H2,24,30)(H,25,31). The van der Waals surface area contributed by atoms with Gasteiger partial charge in [0.25, 0.3) is 11.8 Å². The number of halogens is 1. The van der Waals surface area contributed by atoms with Crippen molar-refractivity contribution in [2.45, 2.75) is 13.8 Å². The van der Waals surface area contributed by atoms with Crippen molar-refractivity contribution >= 4 is 33.4 Å². The van der Waals surface area contributed by atoms with Crippen LogP contribution in [-0.2, 0) is 0 Å². The number of carbonyl (C=O) groups excluding carboxylic acids is 2. The van der Waals surface area contributed by atoms with Crippen molar-refractivity contribution in [3.63, 3.8) is 0 Å². The summed E-state index contributed by atoms with van der Waals surface area (Å²) in [4.78, 5) is 23.8. The quantitative estimate of drug-likeness (QED) is 0.454. The zero-order valence-electron chi connectivity index (χ0n) is 16.8. The monoisotopic (exact) mass is 478 g/mol. The second kappa shape index (κ2) is 8.19. The lowest BCUT2D eigenvalue weighted by atomic mass is 10.2. The molecule has 31 heavy (non-hydrogen) atoms. The molecule has 0 aliphatic heterocycles. The number of amides is 2. The molecule has 2 aromatic heterocycles. The predicted octanol–water partition coefficient (Wildman–Crippen LogP) is 3.79. The Balaban J connectivity index is 1.46. The summed E-state index contributed by atoms with van der Waals surface area (Å²) in [5.74, 6) is -0.803. The van der Waals surface area contributed by atoms with Gasteiger partial charge in [-0.15, -0.1) is 0 Å². The Kier molecular flexibility index (Phi) is 5.43. The van der Waals surface area contributed by atoms with Crippen molar-refractivity contribution in [3.8, 4) is 11.4 Å². The smallest absolute Gasteiger partial charge is 0.269 e. The molecule has 0 radical (unpaired) electrons. The van der Waals surface area contributed by atoms with E-state index in [2.05, 4.69) is 31.4 Å². The van der Waals surface area contributed by atoms with Crippen LogP contribution in [0.2, 0.25) is 0 Å². The average Bonchev–Trinajstić information content (AvgIpc) is 3.36. The van der Waals surface area contributed by atoms with E-state index >= 15 is 0 Å². The minimum absolute atomic E-state index is 0.189. The molecule has 0 unspecified atom stereocenters. The highest BCUT2D eigenvalue weighted by Crippen LogP contribution is 2.23. The number of aromatic nitrogens is 4. The Morgan fingerprint density at radius 2 is 1.58 bits per heavy atom.